The van der Waals surface area contributed by atoms with E-state index in [0.29, 0.717) is 43.8 Å². The molecule has 0 heterocycles. The first-order valence-corrected chi connectivity index (χ1v) is 13.2. The summed E-state index contributed by atoms with van der Waals surface area (Å²) in [5.74, 6) is -1.07. The van der Waals surface area contributed by atoms with E-state index in [9.17, 15) is 4.39 Å². The first-order chi connectivity index (χ1) is 18.0. The molecule has 198 valence electrons. The van der Waals surface area contributed by atoms with Crippen molar-refractivity contribution in [2.45, 2.75) is 71.0 Å². The van der Waals surface area contributed by atoms with Gasteiger partial charge in [0.25, 0.3) is 0 Å². The molecule has 0 atom stereocenters. The third-order valence-corrected chi connectivity index (χ3v) is 6.94. The molecule has 3 aromatic carbocycles. The SMILES string of the molecule is CCCCOc1ccc(-c2ccc(C3CCC(OCc4ccc(OCC)c(F)c4)CC3)c(F)c2F)cc1. The summed E-state index contributed by atoms with van der Waals surface area (Å²) in [5, 5.41) is 0. The fraction of sp³-hybridized carbons (Fsp3) is 0.419. The van der Waals surface area contributed by atoms with Crippen LogP contribution in [0.1, 0.15) is 69.4 Å². The summed E-state index contributed by atoms with van der Waals surface area (Å²) >= 11 is 0. The fourth-order valence-corrected chi connectivity index (χ4v) is 4.83. The van der Waals surface area contributed by atoms with Crippen molar-refractivity contribution >= 4 is 0 Å². The van der Waals surface area contributed by atoms with E-state index in [-0.39, 0.29) is 23.3 Å². The Morgan fingerprint density at radius 1 is 0.811 bits per heavy atom. The lowest BCUT2D eigenvalue weighted by atomic mass is 9.82. The minimum Gasteiger partial charge on any atom is -0.494 e. The molecule has 6 heteroatoms. The van der Waals surface area contributed by atoms with Crippen molar-refractivity contribution in [2.75, 3.05) is 13.2 Å². The van der Waals surface area contributed by atoms with Crippen molar-refractivity contribution in [3.63, 3.8) is 0 Å². The largest absolute Gasteiger partial charge is 0.494 e. The Labute approximate surface area is 217 Å². The van der Waals surface area contributed by atoms with Gasteiger partial charge in [0.1, 0.15) is 5.75 Å². The van der Waals surface area contributed by atoms with E-state index in [1.165, 1.54) is 6.07 Å². The lowest BCUT2D eigenvalue weighted by Crippen LogP contribution is -2.21. The van der Waals surface area contributed by atoms with Crippen molar-refractivity contribution in [1.29, 1.82) is 0 Å². The van der Waals surface area contributed by atoms with Gasteiger partial charge in [0.15, 0.2) is 23.2 Å². The van der Waals surface area contributed by atoms with Crippen LogP contribution in [0.4, 0.5) is 13.2 Å². The number of halogens is 3. The molecular formula is C31H35F3O3. The van der Waals surface area contributed by atoms with E-state index in [1.807, 2.05) is 6.92 Å². The van der Waals surface area contributed by atoms with Gasteiger partial charge in [0.2, 0.25) is 0 Å². The van der Waals surface area contributed by atoms with E-state index in [4.69, 9.17) is 14.2 Å². The second kappa shape index (κ2) is 13.0. The summed E-state index contributed by atoms with van der Waals surface area (Å²) in [5.41, 5.74) is 2.04. The van der Waals surface area contributed by atoms with Gasteiger partial charge in [-0.2, -0.15) is 0 Å². The summed E-state index contributed by atoms with van der Waals surface area (Å²) in [7, 11) is 0. The summed E-state index contributed by atoms with van der Waals surface area (Å²) in [6.45, 7) is 5.26. The highest BCUT2D eigenvalue weighted by Gasteiger charge is 2.27. The van der Waals surface area contributed by atoms with Crippen LogP contribution in [-0.2, 0) is 11.3 Å². The predicted octanol–water partition coefficient (Wildman–Crippen LogP) is 8.59. The van der Waals surface area contributed by atoms with Gasteiger partial charge in [-0.1, -0.05) is 43.7 Å². The number of hydrogen-bond donors (Lipinski definition) is 0. The van der Waals surface area contributed by atoms with Gasteiger partial charge in [0, 0.05) is 5.56 Å². The molecule has 0 N–H and O–H groups in total. The molecule has 37 heavy (non-hydrogen) atoms. The van der Waals surface area contributed by atoms with Gasteiger partial charge in [-0.25, -0.2) is 13.2 Å². The van der Waals surface area contributed by atoms with Crippen molar-refractivity contribution in [3.8, 4) is 22.6 Å². The Morgan fingerprint density at radius 2 is 1.57 bits per heavy atom. The van der Waals surface area contributed by atoms with Crippen LogP contribution in [0.5, 0.6) is 11.5 Å². The smallest absolute Gasteiger partial charge is 0.166 e. The molecule has 0 aliphatic heterocycles. The van der Waals surface area contributed by atoms with Crippen LogP contribution in [0.25, 0.3) is 11.1 Å². The second-order valence-electron chi connectivity index (χ2n) is 9.54. The molecular weight excluding hydrogens is 477 g/mol. The van der Waals surface area contributed by atoms with E-state index >= 15 is 8.78 Å². The highest BCUT2D eigenvalue weighted by molar-refractivity contribution is 5.65. The Balaban J connectivity index is 1.33. The number of ether oxygens (including phenoxy) is 3. The molecule has 0 amide bonds. The summed E-state index contributed by atoms with van der Waals surface area (Å²) < 4.78 is 61.2. The van der Waals surface area contributed by atoms with Gasteiger partial charge < -0.3 is 14.2 Å². The first kappa shape index (κ1) is 27.1. The normalized spacial score (nSPS) is 17.5. The first-order valence-electron chi connectivity index (χ1n) is 13.2. The van der Waals surface area contributed by atoms with Crippen LogP contribution in [0, 0.1) is 17.5 Å². The average molecular weight is 513 g/mol. The fourth-order valence-electron chi connectivity index (χ4n) is 4.83. The van der Waals surface area contributed by atoms with Gasteiger partial charge in [-0.3, -0.25) is 0 Å². The summed E-state index contributed by atoms with van der Waals surface area (Å²) in [6, 6.07) is 15.3. The van der Waals surface area contributed by atoms with Crippen molar-refractivity contribution in [1.82, 2.24) is 0 Å². The molecule has 0 saturated heterocycles. The number of hydrogen-bond acceptors (Lipinski definition) is 3. The quantitative estimate of drug-likeness (QED) is 0.241. The molecule has 0 bridgehead atoms. The Morgan fingerprint density at radius 3 is 2.24 bits per heavy atom. The van der Waals surface area contributed by atoms with E-state index in [2.05, 4.69) is 6.92 Å². The zero-order valence-corrected chi connectivity index (χ0v) is 21.6. The minimum atomic E-state index is -0.812. The standard InChI is InChI=1S/C31H35F3O3/c1-3-5-18-36-24-11-7-22(8-12-24)26-15-16-27(31(34)30(26)33)23-9-13-25(14-10-23)37-20-21-6-17-29(35-4-2)28(32)19-21/h6-8,11-12,15-17,19,23,25H,3-5,9-10,13-14,18,20H2,1-2H3. The average Bonchev–Trinajstić information content (AvgIpc) is 2.91. The molecule has 4 rings (SSSR count). The Hall–Kier alpha value is -2.99. The minimum absolute atomic E-state index is 0.0103. The zero-order valence-electron chi connectivity index (χ0n) is 21.6. The van der Waals surface area contributed by atoms with Crippen LogP contribution in [0.3, 0.4) is 0 Å². The lowest BCUT2D eigenvalue weighted by Gasteiger charge is -2.29. The Bertz CT molecular complexity index is 1160. The zero-order chi connectivity index (χ0) is 26.2. The lowest BCUT2D eigenvalue weighted by molar-refractivity contribution is 0.0130. The van der Waals surface area contributed by atoms with Gasteiger partial charge in [-0.05, 0) is 85.9 Å². The number of rotatable bonds is 11. The van der Waals surface area contributed by atoms with E-state index in [1.54, 1.807) is 48.5 Å². The maximum absolute atomic E-state index is 15.1. The van der Waals surface area contributed by atoms with Crippen molar-refractivity contribution in [2.24, 2.45) is 0 Å². The molecule has 1 aliphatic carbocycles. The van der Waals surface area contributed by atoms with Crippen LogP contribution >= 0.6 is 0 Å². The van der Waals surface area contributed by atoms with Gasteiger partial charge in [0.05, 0.1) is 25.9 Å². The molecule has 0 unspecified atom stereocenters. The summed E-state index contributed by atoms with van der Waals surface area (Å²) in [6.07, 6.45) is 4.94. The van der Waals surface area contributed by atoms with Crippen LogP contribution in [-0.4, -0.2) is 19.3 Å². The summed E-state index contributed by atoms with van der Waals surface area (Å²) in [4.78, 5) is 0. The van der Waals surface area contributed by atoms with E-state index in [0.717, 1.165) is 37.0 Å². The van der Waals surface area contributed by atoms with E-state index < -0.39 is 17.5 Å². The molecule has 0 aromatic heterocycles. The topological polar surface area (TPSA) is 27.7 Å². The van der Waals surface area contributed by atoms with Crippen LogP contribution in [0.15, 0.2) is 54.6 Å². The molecule has 1 aliphatic rings. The molecule has 3 aromatic rings. The maximum Gasteiger partial charge on any atom is 0.166 e. The highest BCUT2D eigenvalue weighted by Crippen LogP contribution is 2.38. The molecule has 1 fully saturated rings. The monoisotopic (exact) mass is 512 g/mol. The molecule has 0 spiro atoms. The Kier molecular flexibility index (Phi) is 9.51. The number of benzene rings is 3. The highest BCUT2D eigenvalue weighted by atomic mass is 19.2. The maximum atomic E-state index is 15.1. The number of unbranched alkanes of at least 4 members (excludes halogenated alkanes) is 1. The molecule has 3 nitrogen and oxygen atoms in total. The van der Waals surface area contributed by atoms with Gasteiger partial charge in [-0.15, -0.1) is 0 Å². The van der Waals surface area contributed by atoms with Crippen molar-refractivity contribution < 1.29 is 27.4 Å². The van der Waals surface area contributed by atoms with Crippen LogP contribution in [0.2, 0.25) is 0 Å². The predicted molar refractivity (Wildman–Crippen MR) is 140 cm³/mol. The second-order valence-corrected chi connectivity index (χ2v) is 9.54. The third kappa shape index (κ3) is 6.86. The molecule has 1 saturated carbocycles. The molecule has 0 radical (unpaired) electrons. The third-order valence-electron chi connectivity index (χ3n) is 6.94. The van der Waals surface area contributed by atoms with Gasteiger partial charge >= 0.3 is 0 Å². The van der Waals surface area contributed by atoms with Crippen LogP contribution < -0.4 is 9.47 Å². The van der Waals surface area contributed by atoms with Crippen molar-refractivity contribution in [3.05, 3.63) is 83.2 Å².